The van der Waals surface area contributed by atoms with Crippen molar-refractivity contribution in [1.82, 2.24) is 9.97 Å². The zero-order valence-electron chi connectivity index (χ0n) is 8.81. The molecule has 0 radical (unpaired) electrons. The summed E-state index contributed by atoms with van der Waals surface area (Å²) in [5, 5.41) is 5.83. The molecule has 0 bridgehead atoms. The summed E-state index contributed by atoms with van der Waals surface area (Å²) in [6.45, 7) is 0. The fraction of sp³-hybridized carbons (Fsp3) is 0.556. The first kappa shape index (κ1) is 10.6. The maximum atomic E-state index is 10.3. The highest BCUT2D eigenvalue weighted by Crippen LogP contribution is 2.27. The topological polar surface area (TPSA) is 119 Å². The van der Waals surface area contributed by atoms with Crippen molar-refractivity contribution in [3.63, 3.8) is 0 Å². The van der Waals surface area contributed by atoms with E-state index in [1.165, 1.54) is 12.8 Å². The van der Waals surface area contributed by atoms with Crippen LogP contribution in [0.3, 0.4) is 0 Å². The van der Waals surface area contributed by atoms with E-state index in [-0.39, 0.29) is 17.5 Å². The van der Waals surface area contributed by atoms with Gasteiger partial charge < -0.3 is 16.8 Å². The second kappa shape index (κ2) is 4.30. The molecule has 1 fully saturated rings. The molecule has 1 aliphatic rings. The molecule has 7 nitrogen and oxygen atoms in total. The standard InChI is InChI=1S/C9H14N6O/c10-6-8(12-5-3-1-2-4-5)13-7(11)9(14-6)15-16/h5H,1-4H2,(H2,10,14)(H3,11,12,13). The average molecular weight is 222 g/mol. The fourth-order valence-electron chi connectivity index (χ4n) is 1.89. The Bertz CT molecular complexity index is 401. The zero-order valence-corrected chi connectivity index (χ0v) is 8.81. The van der Waals surface area contributed by atoms with Gasteiger partial charge in [0.05, 0.1) is 0 Å². The predicted molar refractivity (Wildman–Crippen MR) is 62.2 cm³/mol. The molecule has 0 spiro atoms. The first-order chi connectivity index (χ1) is 7.70. The molecule has 1 saturated carbocycles. The molecule has 86 valence electrons. The SMILES string of the molecule is Nc1nc(NC2CCCC2)c(N)nc1N=O. The first-order valence-corrected chi connectivity index (χ1v) is 5.23. The van der Waals surface area contributed by atoms with Gasteiger partial charge in [-0.05, 0) is 18.0 Å². The minimum Gasteiger partial charge on any atom is -0.381 e. The second-order valence-corrected chi connectivity index (χ2v) is 3.88. The van der Waals surface area contributed by atoms with E-state index in [0.29, 0.717) is 11.9 Å². The van der Waals surface area contributed by atoms with Crippen LogP contribution in [0.15, 0.2) is 5.18 Å². The Morgan fingerprint density at radius 2 is 1.88 bits per heavy atom. The van der Waals surface area contributed by atoms with Crippen molar-refractivity contribution >= 4 is 23.3 Å². The smallest absolute Gasteiger partial charge is 0.241 e. The molecule has 1 aromatic rings. The molecule has 0 aliphatic heterocycles. The highest BCUT2D eigenvalue weighted by molar-refractivity contribution is 5.65. The van der Waals surface area contributed by atoms with Crippen LogP contribution >= 0.6 is 0 Å². The van der Waals surface area contributed by atoms with E-state index in [9.17, 15) is 4.91 Å². The molecule has 5 N–H and O–H groups in total. The minimum absolute atomic E-state index is 0.00435. The Hall–Kier alpha value is -1.92. The molecule has 1 aromatic heterocycles. The number of anilines is 3. The van der Waals surface area contributed by atoms with Crippen molar-refractivity contribution in [3.05, 3.63) is 4.91 Å². The Morgan fingerprint density at radius 1 is 1.19 bits per heavy atom. The van der Waals surface area contributed by atoms with Crippen LogP contribution in [0.5, 0.6) is 0 Å². The van der Waals surface area contributed by atoms with Crippen molar-refractivity contribution in [3.8, 4) is 0 Å². The van der Waals surface area contributed by atoms with E-state index in [4.69, 9.17) is 11.5 Å². The molecule has 16 heavy (non-hydrogen) atoms. The minimum atomic E-state index is -0.158. The normalized spacial score (nSPS) is 16.2. The van der Waals surface area contributed by atoms with Crippen LogP contribution in [0.1, 0.15) is 25.7 Å². The van der Waals surface area contributed by atoms with Gasteiger partial charge in [0, 0.05) is 6.04 Å². The lowest BCUT2D eigenvalue weighted by molar-refractivity contribution is 0.750. The Balaban J connectivity index is 2.20. The Morgan fingerprint density at radius 3 is 2.50 bits per heavy atom. The van der Waals surface area contributed by atoms with Gasteiger partial charge >= 0.3 is 0 Å². The van der Waals surface area contributed by atoms with Gasteiger partial charge in [-0.25, -0.2) is 9.97 Å². The summed E-state index contributed by atoms with van der Waals surface area (Å²) in [5.74, 6) is 0.451. The van der Waals surface area contributed by atoms with Gasteiger partial charge in [0.15, 0.2) is 17.5 Å². The maximum absolute atomic E-state index is 10.3. The van der Waals surface area contributed by atoms with Gasteiger partial charge in [-0.1, -0.05) is 12.8 Å². The van der Waals surface area contributed by atoms with E-state index >= 15 is 0 Å². The Labute approximate surface area is 92.6 Å². The van der Waals surface area contributed by atoms with Crippen molar-refractivity contribution < 1.29 is 0 Å². The molecule has 7 heteroatoms. The van der Waals surface area contributed by atoms with Crippen LogP contribution in [0, 0.1) is 4.91 Å². The van der Waals surface area contributed by atoms with E-state index in [2.05, 4.69) is 20.5 Å². The average Bonchev–Trinajstić information content (AvgIpc) is 2.75. The number of rotatable bonds is 3. The third-order valence-electron chi connectivity index (χ3n) is 2.71. The van der Waals surface area contributed by atoms with Crippen molar-refractivity contribution in [2.75, 3.05) is 16.8 Å². The van der Waals surface area contributed by atoms with Gasteiger partial charge in [0.1, 0.15) is 0 Å². The highest BCUT2D eigenvalue weighted by atomic mass is 16.3. The van der Waals surface area contributed by atoms with Crippen molar-refractivity contribution in [1.29, 1.82) is 0 Å². The van der Waals surface area contributed by atoms with Crippen LogP contribution < -0.4 is 16.8 Å². The van der Waals surface area contributed by atoms with Crippen LogP contribution in [-0.2, 0) is 0 Å². The lowest BCUT2D eigenvalue weighted by Crippen LogP contribution is -2.17. The molecule has 1 heterocycles. The quantitative estimate of drug-likeness (QED) is 0.665. The molecular weight excluding hydrogens is 208 g/mol. The third-order valence-corrected chi connectivity index (χ3v) is 2.71. The van der Waals surface area contributed by atoms with Crippen molar-refractivity contribution in [2.45, 2.75) is 31.7 Å². The van der Waals surface area contributed by atoms with Crippen LogP contribution in [0.4, 0.5) is 23.3 Å². The van der Waals surface area contributed by atoms with Gasteiger partial charge in [-0.3, -0.25) is 0 Å². The molecule has 0 aromatic carbocycles. The number of nitrogens with two attached hydrogens (primary N) is 2. The summed E-state index contributed by atoms with van der Waals surface area (Å²) in [6, 6.07) is 0.367. The summed E-state index contributed by atoms with van der Waals surface area (Å²) in [7, 11) is 0. The summed E-state index contributed by atoms with van der Waals surface area (Å²) in [6.07, 6.45) is 4.59. The summed E-state index contributed by atoms with van der Waals surface area (Å²) < 4.78 is 0. The molecule has 0 amide bonds. The van der Waals surface area contributed by atoms with E-state index < -0.39 is 0 Å². The number of hydrogen-bond donors (Lipinski definition) is 3. The van der Waals surface area contributed by atoms with Gasteiger partial charge in [-0.15, -0.1) is 4.91 Å². The van der Waals surface area contributed by atoms with Gasteiger partial charge in [0.25, 0.3) is 0 Å². The molecule has 1 aliphatic carbocycles. The van der Waals surface area contributed by atoms with E-state index in [0.717, 1.165) is 12.8 Å². The van der Waals surface area contributed by atoms with Crippen molar-refractivity contribution in [2.24, 2.45) is 5.18 Å². The molecule has 0 unspecified atom stereocenters. The van der Waals surface area contributed by atoms with Crippen LogP contribution in [0.25, 0.3) is 0 Å². The Kier molecular flexibility index (Phi) is 2.84. The molecule has 0 atom stereocenters. The number of aromatic nitrogens is 2. The van der Waals surface area contributed by atoms with Crippen LogP contribution in [0.2, 0.25) is 0 Å². The fourth-order valence-corrected chi connectivity index (χ4v) is 1.89. The first-order valence-electron chi connectivity index (χ1n) is 5.23. The monoisotopic (exact) mass is 222 g/mol. The van der Waals surface area contributed by atoms with E-state index in [1.54, 1.807) is 0 Å². The number of nitrogen functional groups attached to an aromatic ring is 2. The van der Waals surface area contributed by atoms with Gasteiger partial charge in [-0.2, -0.15) is 0 Å². The number of hydrogen-bond acceptors (Lipinski definition) is 7. The lowest BCUT2D eigenvalue weighted by atomic mass is 10.2. The maximum Gasteiger partial charge on any atom is 0.241 e. The summed E-state index contributed by atoms with van der Waals surface area (Å²) in [5.41, 5.74) is 11.2. The summed E-state index contributed by atoms with van der Waals surface area (Å²) in [4.78, 5) is 18.1. The lowest BCUT2D eigenvalue weighted by Gasteiger charge is -2.14. The largest absolute Gasteiger partial charge is 0.381 e. The number of nitrogens with zero attached hydrogens (tertiary/aromatic N) is 3. The van der Waals surface area contributed by atoms with E-state index in [1.807, 2.05) is 0 Å². The molecule has 0 saturated heterocycles. The predicted octanol–water partition coefficient (Wildman–Crippen LogP) is 1.39. The molecule has 2 rings (SSSR count). The van der Waals surface area contributed by atoms with Crippen LogP contribution in [-0.4, -0.2) is 16.0 Å². The second-order valence-electron chi connectivity index (χ2n) is 3.88. The number of nitrogens with one attached hydrogen (secondary N) is 1. The third kappa shape index (κ3) is 2.02. The molecular formula is C9H14N6O. The summed E-state index contributed by atoms with van der Waals surface area (Å²) >= 11 is 0. The van der Waals surface area contributed by atoms with Gasteiger partial charge in [0.2, 0.25) is 5.82 Å². The highest BCUT2D eigenvalue weighted by Gasteiger charge is 2.18. The number of nitroso groups, excluding NO2 is 1. The zero-order chi connectivity index (χ0) is 11.5.